The van der Waals surface area contributed by atoms with Crippen LogP contribution >= 0.6 is 38.6 Å². The van der Waals surface area contributed by atoms with Gasteiger partial charge in [0, 0.05) is 4.88 Å². The number of fused-ring (bicyclic) bond motifs is 1. The highest BCUT2D eigenvalue weighted by Crippen LogP contribution is 2.37. The number of methoxy groups -OCH3 is 1. The SMILES string of the molecule is CCOC(=O)C1=C(C)N=c2s/c(=C\c3cc(Br)c(OCc4ccccc4)c(OC)c3)c(=O)n2[C@@H]1c1cccs1. The molecular weight excluding hydrogens is 600 g/mol. The third kappa shape index (κ3) is 5.50. The molecule has 7 nitrogen and oxygen atoms in total. The highest BCUT2D eigenvalue weighted by molar-refractivity contribution is 9.10. The van der Waals surface area contributed by atoms with E-state index in [9.17, 15) is 9.59 Å². The molecule has 39 heavy (non-hydrogen) atoms. The Labute approximate surface area is 241 Å². The van der Waals surface area contributed by atoms with E-state index in [2.05, 4.69) is 20.9 Å². The van der Waals surface area contributed by atoms with Gasteiger partial charge in [-0.25, -0.2) is 9.79 Å². The number of carbonyl (C=O) groups excluding carboxylic acids is 1. The smallest absolute Gasteiger partial charge is 0.338 e. The van der Waals surface area contributed by atoms with Crippen LogP contribution in [0, 0.1) is 0 Å². The van der Waals surface area contributed by atoms with Gasteiger partial charge in [-0.1, -0.05) is 47.7 Å². The Kier molecular flexibility index (Phi) is 8.15. The quantitative estimate of drug-likeness (QED) is 0.252. The van der Waals surface area contributed by atoms with Crippen molar-refractivity contribution < 1.29 is 19.0 Å². The summed E-state index contributed by atoms with van der Waals surface area (Å²) in [5.74, 6) is 0.648. The number of thiazole rings is 1. The van der Waals surface area contributed by atoms with Gasteiger partial charge >= 0.3 is 5.97 Å². The van der Waals surface area contributed by atoms with Crippen molar-refractivity contribution in [3.05, 3.63) is 111 Å². The molecule has 0 unspecified atom stereocenters. The maximum atomic E-state index is 13.8. The summed E-state index contributed by atoms with van der Waals surface area (Å²) in [5, 5.41) is 1.93. The molecular formula is C29H25BrN2O5S2. The Morgan fingerprint density at radius 2 is 1.97 bits per heavy atom. The summed E-state index contributed by atoms with van der Waals surface area (Å²) in [7, 11) is 1.58. The molecule has 0 amide bonds. The van der Waals surface area contributed by atoms with Gasteiger partial charge in [0.25, 0.3) is 5.56 Å². The number of esters is 1. The van der Waals surface area contributed by atoms with Gasteiger partial charge in [0.2, 0.25) is 0 Å². The van der Waals surface area contributed by atoms with Crippen LogP contribution in [0.3, 0.4) is 0 Å². The zero-order chi connectivity index (χ0) is 27.5. The molecule has 4 aromatic rings. The topological polar surface area (TPSA) is 79.1 Å². The number of carbonyl (C=O) groups is 1. The first-order valence-corrected chi connectivity index (χ1v) is 14.7. The van der Waals surface area contributed by atoms with Crippen LogP contribution in [0.4, 0.5) is 0 Å². The highest BCUT2D eigenvalue weighted by Gasteiger charge is 2.33. The van der Waals surface area contributed by atoms with Crippen LogP contribution in [-0.2, 0) is 16.1 Å². The summed E-state index contributed by atoms with van der Waals surface area (Å²) < 4.78 is 19.8. The van der Waals surface area contributed by atoms with E-state index in [0.29, 0.717) is 43.2 Å². The lowest BCUT2D eigenvalue weighted by molar-refractivity contribution is -0.139. The Morgan fingerprint density at radius 1 is 1.18 bits per heavy atom. The zero-order valence-corrected chi connectivity index (χ0v) is 24.7. The summed E-state index contributed by atoms with van der Waals surface area (Å²) >= 11 is 6.36. The average Bonchev–Trinajstić information content (AvgIpc) is 3.56. The standard InChI is InChI=1S/C29H25BrN2O5S2/c1-4-36-28(34)24-17(2)31-29-32(25(24)22-11-8-12-38-22)27(33)23(39-29)15-19-13-20(30)26(21(14-19)35-3)37-16-18-9-6-5-7-10-18/h5-15,25H,4,16H2,1-3H3/b23-15-/t25-/m1/s1. The number of benzene rings is 2. The van der Waals surface area contributed by atoms with Gasteiger partial charge in [0.05, 0.1) is 34.0 Å². The second kappa shape index (κ2) is 11.7. The van der Waals surface area contributed by atoms with Gasteiger partial charge in [-0.2, -0.15) is 0 Å². The molecule has 3 heterocycles. The minimum absolute atomic E-state index is 0.231. The van der Waals surface area contributed by atoms with Gasteiger partial charge in [0.1, 0.15) is 12.6 Å². The van der Waals surface area contributed by atoms with Crippen molar-refractivity contribution in [2.24, 2.45) is 4.99 Å². The third-order valence-electron chi connectivity index (χ3n) is 6.11. The van der Waals surface area contributed by atoms with Crippen molar-refractivity contribution in [3.63, 3.8) is 0 Å². The van der Waals surface area contributed by atoms with E-state index < -0.39 is 12.0 Å². The van der Waals surface area contributed by atoms with Crippen molar-refractivity contribution in [3.8, 4) is 11.5 Å². The molecule has 10 heteroatoms. The maximum Gasteiger partial charge on any atom is 0.338 e. The highest BCUT2D eigenvalue weighted by atomic mass is 79.9. The molecule has 1 aliphatic heterocycles. The first kappa shape index (κ1) is 27.1. The maximum absolute atomic E-state index is 13.8. The Balaban J connectivity index is 1.56. The van der Waals surface area contributed by atoms with Gasteiger partial charge in [0.15, 0.2) is 16.3 Å². The average molecular weight is 626 g/mol. The van der Waals surface area contributed by atoms with Gasteiger partial charge in [-0.15, -0.1) is 11.3 Å². The number of rotatable bonds is 8. The Hall–Kier alpha value is -3.47. The molecule has 2 aromatic heterocycles. The van der Waals surface area contributed by atoms with Crippen LogP contribution in [0.15, 0.2) is 85.5 Å². The minimum Gasteiger partial charge on any atom is -0.493 e. The van der Waals surface area contributed by atoms with E-state index in [4.69, 9.17) is 14.2 Å². The van der Waals surface area contributed by atoms with Gasteiger partial charge in [-0.3, -0.25) is 9.36 Å². The van der Waals surface area contributed by atoms with Crippen LogP contribution in [-0.4, -0.2) is 24.3 Å². The predicted molar refractivity (Wildman–Crippen MR) is 156 cm³/mol. The lowest BCUT2D eigenvalue weighted by atomic mass is 10.0. The second-order valence-corrected chi connectivity index (χ2v) is 11.5. The van der Waals surface area contributed by atoms with Crippen LogP contribution in [0.5, 0.6) is 11.5 Å². The number of hydrogen-bond acceptors (Lipinski definition) is 8. The van der Waals surface area contributed by atoms with E-state index in [-0.39, 0.29) is 12.2 Å². The van der Waals surface area contributed by atoms with Crippen LogP contribution < -0.4 is 24.4 Å². The lowest BCUT2D eigenvalue weighted by Crippen LogP contribution is -2.39. The predicted octanol–water partition coefficient (Wildman–Crippen LogP) is 5.21. The molecule has 200 valence electrons. The summed E-state index contributed by atoms with van der Waals surface area (Å²) in [5.41, 5.74) is 2.48. The number of nitrogens with zero attached hydrogens (tertiary/aromatic N) is 2. The summed E-state index contributed by atoms with van der Waals surface area (Å²) in [6, 6.07) is 16.8. The molecule has 0 saturated heterocycles. The largest absolute Gasteiger partial charge is 0.493 e. The van der Waals surface area contributed by atoms with Crippen molar-refractivity contribution in [1.82, 2.24) is 4.57 Å². The third-order valence-corrected chi connectivity index (χ3v) is 8.60. The number of hydrogen-bond donors (Lipinski definition) is 0. The number of allylic oxidation sites excluding steroid dienone is 1. The van der Waals surface area contributed by atoms with E-state index in [1.165, 1.54) is 22.7 Å². The van der Waals surface area contributed by atoms with Gasteiger partial charge < -0.3 is 14.2 Å². The summed E-state index contributed by atoms with van der Waals surface area (Å²) in [6.07, 6.45) is 1.80. The van der Waals surface area contributed by atoms with E-state index in [1.807, 2.05) is 60.0 Å². The van der Waals surface area contributed by atoms with E-state index in [1.54, 1.807) is 31.6 Å². The fraction of sp³-hybridized carbons (Fsp3) is 0.207. The first-order valence-electron chi connectivity index (χ1n) is 12.2. The van der Waals surface area contributed by atoms with Crippen LogP contribution in [0.1, 0.15) is 35.9 Å². The normalized spacial score (nSPS) is 15.1. The van der Waals surface area contributed by atoms with E-state index >= 15 is 0 Å². The molecule has 0 N–H and O–H groups in total. The van der Waals surface area contributed by atoms with Crippen molar-refractivity contribution >= 4 is 50.6 Å². The molecule has 0 aliphatic carbocycles. The zero-order valence-electron chi connectivity index (χ0n) is 21.5. The van der Waals surface area contributed by atoms with Crippen LogP contribution in [0.25, 0.3) is 6.08 Å². The van der Waals surface area contributed by atoms with Crippen molar-refractivity contribution in [2.75, 3.05) is 13.7 Å². The molecule has 5 rings (SSSR count). The molecule has 1 aliphatic rings. The minimum atomic E-state index is -0.600. The number of ether oxygens (including phenoxy) is 3. The van der Waals surface area contributed by atoms with E-state index in [0.717, 1.165) is 16.0 Å². The number of halogens is 1. The molecule has 0 bridgehead atoms. The molecule has 2 aromatic carbocycles. The van der Waals surface area contributed by atoms with Crippen LogP contribution in [0.2, 0.25) is 0 Å². The summed E-state index contributed by atoms with van der Waals surface area (Å²) in [6.45, 7) is 4.16. The lowest BCUT2D eigenvalue weighted by Gasteiger charge is -2.23. The molecule has 0 saturated carbocycles. The second-order valence-electron chi connectivity index (χ2n) is 8.63. The fourth-order valence-corrected chi connectivity index (χ4v) is 6.80. The fourth-order valence-electron chi connectivity index (χ4n) is 4.35. The molecule has 1 atom stereocenters. The first-order chi connectivity index (χ1) is 18.9. The molecule has 0 radical (unpaired) electrons. The Bertz CT molecular complexity index is 1720. The summed E-state index contributed by atoms with van der Waals surface area (Å²) in [4.78, 5) is 32.7. The monoisotopic (exact) mass is 624 g/mol. The number of aromatic nitrogens is 1. The molecule has 0 fully saturated rings. The van der Waals surface area contributed by atoms with Crippen molar-refractivity contribution in [2.45, 2.75) is 26.5 Å². The number of thiophene rings is 1. The van der Waals surface area contributed by atoms with Gasteiger partial charge in [-0.05, 0) is 70.6 Å². The molecule has 0 spiro atoms. The van der Waals surface area contributed by atoms with Crippen molar-refractivity contribution in [1.29, 1.82) is 0 Å². The Morgan fingerprint density at radius 3 is 2.67 bits per heavy atom.